The van der Waals surface area contributed by atoms with Crippen molar-refractivity contribution in [1.82, 2.24) is 0 Å². The van der Waals surface area contributed by atoms with Gasteiger partial charge in [-0.3, -0.25) is 9.69 Å². The van der Waals surface area contributed by atoms with Crippen LogP contribution in [0.25, 0.3) is 6.08 Å². The Bertz CT molecular complexity index is 1150. The average molecular weight is 464 g/mol. The Labute approximate surface area is 201 Å². The Balaban J connectivity index is 2.09. The maximum Gasteiger partial charge on any atom is 0.340 e. The van der Waals surface area contributed by atoms with Gasteiger partial charge in [-0.15, -0.1) is 0 Å². The van der Waals surface area contributed by atoms with E-state index >= 15 is 0 Å². The van der Waals surface area contributed by atoms with E-state index < -0.39 is 5.97 Å². The fraction of sp³-hybridized carbons (Fsp3) is 0.357. The summed E-state index contributed by atoms with van der Waals surface area (Å²) in [5.41, 5.74) is 4.75. The van der Waals surface area contributed by atoms with Gasteiger partial charge < -0.3 is 14.2 Å². The quantitative estimate of drug-likeness (QED) is 0.350. The molecule has 0 N–H and O–H groups in total. The van der Waals surface area contributed by atoms with E-state index in [1.165, 1.54) is 0 Å². The van der Waals surface area contributed by atoms with Crippen molar-refractivity contribution in [2.45, 2.75) is 48.0 Å². The number of benzene rings is 2. The van der Waals surface area contributed by atoms with Gasteiger partial charge in [0.25, 0.3) is 5.91 Å². The minimum Gasteiger partial charge on any atom is -0.490 e. The number of esters is 1. The van der Waals surface area contributed by atoms with Crippen LogP contribution in [0.5, 0.6) is 11.5 Å². The lowest BCUT2D eigenvalue weighted by molar-refractivity contribution is -0.138. The van der Waals surface area contributed by atoms with E-state index in [1.807, 2.05) is 64.1 Å². The lowest BCUT2D eigenvalue weighted by atomic mass is 10.0. The number of ether oxygens (including phenoxy) is 3. The molecule has 1 aliphatic rings. The van der Waals surface area contributed by atoms with E-state index in [1.54, 1.807) is 24.8 Å². The smallest absolute Gasteiger partial charge is 0.340 e. The summed E-state index contributed by atoms with van der Waals surface area (Å²) in [4.78, 5) is 28.1. The Morgan fingerprint density at radius 3 is 2.32 bits per heavy atom. The molecule has 34 heavy (non-hydrogen) atoms. The molecule has 0 aromatic heterocycles. The number of allylic oxidation sites excluding steroid dienone is 1. The van der Waals surface area contributed by atoms with Crippen LogP contribution in [0.2, 0.25) is 0 Å². The first-order valence-electron chi connectivity index (χ1n) is 11.7. The number of carbonyl (C=O) groups is 2. The second kappa shape index (κ2) is 11.1. The molecule has 6 nitrogen and oxygen atoms in total. The first kappa shape index (κ1) is 25.1. The summed E-state index contributed by atoms with van der Waals surface area (Å²) < 4.78 is 16.9. The molecule has 1 amide bonds. The number of nitrogens with zero attached hydrogens (tertiary/aromatic N) is 1. The zero-order valence-electron chi connectivity index (χ0n) is 20.9. The second-order valence-electron chi connectivity index (χ2n) is 8.14. The van der Waals surface area contributed by atoms with Gasteiger partial charge in [0, 0.05) is 11.4 Å². The van der Waals surface area contributed by atoms with E-state index in [0.29, 0.717) is 41.7 Å². The molecule has 1 aliphatic heterocycles. The van der Waals surface area contributed by atoms with Crippen LogP contribution in [-0.4, -0.2) is 31.7 Å². The van der Waals surface area contributed by atoms with E-state index in [4.69, 9.17) is 14.2 Å². The zero-order valence-corrected chi connectivity index (χ0v) is 20.9. The van der Waals surface area contributed by atoms with Gasteiger partial charge in [-0.2, -0.15) is 0 Å². The molecule has 1 heterocycles. The third-order valence-corrected chi connectivity index (χ3v) is 5.67. The van der Waals surface area contributed by atoms with Crippen LogP contribution < -0.4 is 14.4 Å². The van der Waals surface area contributed by atoms with Gasteiger partial charge in [-0.25, -0.2) is 4.79 Å². The van der Waals surface area contributed by atoms with Crippen molar-refractivity contribution in [2.24, 2.45) is 0 Å². The number of hydrogen-bond acceptors (Lipinski definition) is 5. The number of amides is 1. The summed E-state index contributed by atoms with van der Waals surface area (Å²) in [7, 11) is 0. The van der Waals surface area contributed by atoms with Crippen LogP contribution in [0.1, 0.15) is 50.8 Å². The van der Waals surface area contributed by atoms with Crippen molar-refractivity contribution in [3.63, 3.8) is 0 Å². The Morgan fingerprint density at radius 2 is 1.68 bits per heavy atom. The molecule has 0 saturated heterocycles. The van der Waals surface area contributed by atoms with Gasteiger partial charge in [-0.1, -0.05) is 19.1 Å². The number of anilines is 1. The van der Waals surface area contributed by atoms with Gasteiger partial charge in [-0.05, 0) is 88.1 Å². The molecule has 0 spiro atoms. The van der Waals surface area contributed by atoms with Crippen LogP contribution in [0, 0.1) is 13.8 Å². The zero-order chi connectivity index (χ0) is 24.8. The molecule has 0 radical (unpaired) electrons. The number of hydrogen-bond donors (Lipinski definition) is 0. The minimum atomic E-state index is -0.515. The van der Waals surface area contributed by atoms with Crippen molar-refractivity contribution >= 4 is 23.6 Å². The highest BCUT2D eigenvalue weighted by molar-refractivity contribution is 6.23. The molecule has 0 fully saturated rings. The lowest BCUT2D eigenvalue weighted by Gasteiger charge is -2.19. The van der Waals surface area contributed by atoms with Crippen molar-refractivity contribution in [1.29, 1.82) is 0 Å². The average Bonchev–Trinajstić information content (AvgIpc) is 3.05. The predicted octanol–water partition coefficient (Wildman–Crippen LogP) is 5.76. The summed E-state index contributed by atoms with van der Waals surface area (Å²) in [6.07, 6.45) is 2.60. The van der Waals surface area contributed by atoms with Crippen LogP contribution in [0.3, 0.4) is 0 Å². The number of carbonyl (C=O) groups excluding carboxylic acids is 2. The number of aryl methyl sites for hydroxylation is 2. The molecule has 0 aliphatic carbocycles. The SMILES string of the molecule is CCCOc1ccc(/C=C2\C(=O)N(c3ccc(C)c(C)c3)C(C)=C2C(=O)OCC)cc1OCC. The van der Waals surface area contributed by atoms with Gasteiger partial charge >= 0.3 is 5.97 Å². The highest BCUT2D eigenvalue weighted by atomic mass is 16.5. The topological polar surface area (TPSA) is 65.1 Å². The molecule has 2 aromatic rings. The van der Waals surface area contributed by atoms with E-state index in [9.17, 15) is 9.59 Å². The van der Waals surface area contributed by atoms with Crippen molar-refractivity contribution < 1.29 is 23.8 Å². The first-order valence-corrected chi connectivity index (χ1v) is 11.7. The Kier molecular flexibility index (Phi) is 8.16. The molecular formula is C28H33NO5. The summed E-state index contributed by atoms with van der Waals surface area (Å²) in [5.74, 6) is 0.463. The first-order chi connectivity index (χ1) is 16.3. The fourth-order valence-electron chi connectivity index (χ4n) is 3.84. The third kappa shape index (κ3) is 5.16. The lowest BCUT2D eigenvalue weighted by Crippen LogP contribution is -2.24. The van der Waals surface area contributed by atoms with Crippen LogP contribution in [0.4, 0.5) is 5.69 Å². The molecule has 0 unspecified atom stereocenters. The minimum absolute atomic E-state index is 0.221. The fourth-order valence-corrected chi connectivity index (χ4v) is 3.84. The van der Waals surface area contributed by atoms with Crippen LogP contribution in [-0.2, 0) is 14.3 Å². The normalized spacial score (nSPS) is 14.7. The van der Waals surface area contributed by atoms with Crippen molar-refractivity contribution in [3.8, 4) is 11.5 Å². The van der Waals surface area contributed by atoms with Gasteiger partial charge in [0.2, 0.25) is 0 Å². The van der Waals surface area contributed by atoms with Gasteiger partial charge in [0.1, 0.15) is 0 Å². The van der Waals surface area contributed by atoms with E-state index in [0.717, 1.165) is 23.1 Å². The summed E-state index contributed by atoms with van der Waals surface area (Å²) >= 11 is 0. The van der Waals surface area contributed by atoms with Crippen LogP contribution >= 0.6 is 0 Å². The maximum atomic E-state index is 13.6. The number of rotatable bonds is 9. The molecule has 0 atom stereocenters. The van der Waals surface area contributed by atoms with E-state index in [2.05, 4.69) is 0 Å². The highest BCUT2D eigenvalue weighted by Gasteiger charge is 2.38. The largest absolute Gasteiger partial charge is 0.490 e. The van der Waals surface area contributed by atoms with Gasteiger partial charge in [0.05, 0.1) is 31.0 Å². The molecule has 2 aromatic carbocycles. The molecule has 0 bridgehead atoms. The molecule has 0 saturated carbocycles. The summed E-state index contributed by atoms with van der Waals surface area (Å²) in [5, 5.41) is 0. The second-order valence-corrected chi connectivity index (χ2v) is 8.14. The summed E-state index contributed by atoms with van der Waals surface area (Å²) in [6.45, 7) is 12.8. The maximum absolute atomic E-state index is 13.6. The third-order valence-electron chi connectivity index (χ3n) is 5.67. The van der Waals surface area contributed by atoms with Crippen molar-refractivity contribution in [2.75, 3.05) is 24.7 Å². The molecule has 180 valence electrons. The Hall–Kier alpha value is -3.54. The Morgan fingerprint density at radius 1 is 0.912 bits per heavy atom. The van der Waals surface area contributed by atoms with Gasteiger partial charge in [0.15, 0.2) is 11.5 Å². The van der Waals surface area contributed by atoms with E-state index in [-0.39, 0.29) is 18.1 Å². The monoisotopic (exact) mass is 463 g/mol. The standard InChI is InChI=1S/C28H33NO5/c1-7-14-34-24-13-11-21(17-25(24)32-8-2)16-23-26(28(31)33-9-3)20(6)29(27(23)30)22-12-10-18(4)19(5)15-22/h10-13,15-17H,7-9,14H2,1-6H3/b23-16-. The van der Waals surface area contributed by atoms with Crippen molar-refractivity contribution in [3.05, 3.63) is 69.9 Å². The predicted molar refractivity (Wildman–Crippen MR) is 134 cm³/mol. The highest BCUT2D eigenvalue weighted by Crippen LogP contribution is 2.37. The molecule has 6 heteroatoms. The summed E-state index contributed by atoms with van der Waals surface area (Å²) in [6, 6.07) is 11.3. The molecule has 3 rings (SSSR count). The van der Waals surface area contributed by atoms with Crippen LogP contribution in [0.15, 0.2) is 53.2 Å². The molecular weight excluding hydrogens is 430 g/mol.